The molecule has 1 aromatic heterocycles. The maximum absolute atomic E-state index is 6.14. The van der Waals surface area contributed by atoms with E-state index >= 15 is 0 Å². The van der Waals surface area contributed by atoms with E-state index in [-0.39, 0.29) is 6.04 Å². The molecule has 0 radical (unpaired) electrons. The van der Waals surface area contributed by atoms with Gasteiger partial charge in [0.2, 0.25) is 5.95 Å². The van der Waals surface area contributed by atoms with Crippen LogP contribution in [-0.2, 0) is 0 Å². The van der Waals surface area contributed by atoms with Crippen molar-refractivity contribution in [2.75, 3.05) is 11.9 Å². The molecule has 1 unspecified atom stereocenters. The molecular weight excluding hydrogens is 248 g/mol. The number of benzene rings is 2. The lowest BCUT2D eigenvalue weighted by molar-refractivity contribution is 0.759. The van der Waals surface area contributed by atoms with Crippen molar-refractivity contribution in [2.45, 2.75) is 6.04 Å². The first-order valence-electron chi connectivity index (χ1n) is 6.59. The number of rotatable bonds is 4. The summed E-state index contributed by atoms with van der Waals surface area (Å²) in [6.45, 7) is 0.600. The fourth-order valence-electron chi connectivity index (χ4n) is 2.08. The van der Waals surface area contributed by atoms with E-state index in [1.165, 1.54) is 0 Å². The van der Waals surface area contributed by atoms with Crippen molar-refractivity contribution in [3.8, 4) is 0 Å². The normalized spacial score (nSPS) is 12.2. The number of nitrogens with zero attached hydrogens (tertiary/aromatic N) is 2. The van der Waals surface area contributed by atoms with E-state index in [0.717, 1.165) is 16.5 Å². The molecule has 0 saturated carbocycles. The van der Waals surface area contributed by atoms with E-state index < -0.39 is 0 Å². The van der Waals surface area contributed by atoms with E-state index in [0.29, 0.717) is 12.5 Å². The van der Waals surface area contributed by atoms with Crippen LogP contribution in [0.4, 0.5) is 5.95 Å². The summed E-state index contributed by atoms with van der Waals surface area (Å²) in [7, 11) is 0. The summed E-state index contributed by atoms with van der Waals surface area (Å²) in [6.07, 6.45) is 1.82. The number of anilines is 1. The predicted octanol–water partition coefficient (Wildman–Crippen LogP) is 2.74. The average Bonchev–Trinajstić information content (AvgIpc) is 2.53. The Bertz CT molecular complexity index is 697. The van der Waals surface area contributed by atoms with Gasteiger partial charge < -0.3 is 11.1 Å². The maximum atomic E-state index is 6.14. The first-order valence-corrected chi connectivity index (χ1v) is 6.59. The van der Waals surface area contributed by atoms with Crippen LogP contribution in [0, 0.1) is 0 Å². The van der Waals surface area contributed by atoms with Crippen LogP contribution in [0.2, 0.25) is 0 Å². The van der Waals surface area contributed by atoms with Crippen LogP contribution in [0.3, 0.4) is 0 Å². The summed E-state index contributed by atoms with van der Waals surface area (Å²) in [5.41, 5.74) is 8.16. The fraction of sp³-hybridized carbons (Fsp3) is 0.125. The third-order valence-electron chi connectivity index (χ3n) is 3.20. The molecule has 3 N–H and O–H groups in total. The summed E-state index contributed by atoms with van der Waals surface area (Å²) >= 11 is 0. The van der Waals surface area contributed by atoms with Crippen molar-refractivity contribution in [3.63, 3.8) is 0 Å². The van der Waals surface area contributed by atoms with Crippen molar-refractivity contribution in [3.05, 3.63) is 66.4 Å². The van der Waals surface area contributed by atoms with Gasteiger partial charge in [0.1, 0.15) is 0 Å². The van der Waals surface area contributed by atoms with Gasteiger partial charge in [0.05, 0.1) is 5.52 Å². The van der Waals surface area contributed by atoms with Crippen molar-refractivity contribution < 1.29 is 0 Å². The first-order chi connectivity index (χ1) is 9.83. The summed E-state index contributed by atoms with van der Waals surface area (Å²) < 4.78 is 0. The highest BCUT2D eigenvalue weighted by molar-refractivity contribution is 5.78. The van der Waals surface area contributed by atoms with Crippen LogP contribution < -0.4 is 11.1 Å². The third kappa shape index (κ3) is 2.75. The van der Waals surface area contributed by atoms with E-state index in [1.807, 2.05) is 60.8 Å². The zero-order chi connectivity index (χ0) is 13.8. The minimum atomic E-state index is -0.0775. The summed E-state index contributed by atoms with van der Waals surface area (Å²) in [5, 5.41) is 4.22. The molecule has 0 bridgehead atoms. The third-order valence-corrected chi connectivity index (χ3v) is 3.20. The van der Waals surface area contributed by atoms with Gasteiger partial charge >= 0.3 is 0 Å². The Morgan fingerprint density at radius 1 is 1.00 bits per heavy atom. The summed E-state index contributed by atoms with van der Waals surface area (Å²) in [6, 6.07) is 17.8. The molecule has 1 atom stereocenters. The molecule has 0 fully saturated rings. The molecule has 0 aliphatic carbocycles. The van der Waals surface area contributed by atoms with Gasteiger partial charge in [0.15, 0.2) is 0 Å². The van der Waals surface area contributed by atoms with Crippen LogP contribution in [0.15, 0.2) is 60.8 Å². The van der Waals surface area contributed by atoms with Crippen molar-refractivity contribution >= 4 is 16.9 Å². The molecule has 0 aliphatic heterocycles. The lowest BCUT2D eigenvalue weighted by Gasteiger charge is -2.13. The number of nitrogens with two attached hydrogens (primary N) is 1. The standard InChI is InChI=1S/C16H16N4/c17-14(12-6-2-1-3-7-12)11-19-16-18-10-13-8-4-5-9-15(13)20-16/h1-10,14H,11,17H2,(H,18,19,20). The number of para-hydroxylation sites is 1. The molecule has 100 valence electrons. The Morgan fingerprint density at radius 2 is 1.75 bits per heavy atom. The molecular formula is C16H16N4. The van der Waals surface area contributed by atoms with Crippen molar-refractivity contribution in [1.29, 1.82) is 0 Å². The van der Waals surface area contributed by atoms with E-state index in [4.69, 9.17) is 5.73 Å². The number of fused-ring (bicyclic) bond motifs is 1. The molecule has 4 nitrogen and oxygen atoms in total. The van der Waals surface area contributed by atoms with Crippen LogP contribution >= 0.6 is 0 Å². The molecule has 2 aromatic carbocycles. The number of aromatic nitrogens is 2. The van der Waals surface area contributed by atoms with Gasteiger partial charge in [-0.05, 0) is 11.6 Å². The Morgan fingerprint density at radius 3 is 2.60 bits per heavy atom. The molecule has 0 saturated heterocycles. The van der Waals surface area contributed by atoms with Gasteiger partial charge in [-0.25, -0.2) is 9.97 Å². The Hall–Kier alpha value is -2.46. The topological polar surface area (TPSA) is 63.8 Å². The van der Waals surface area contributed by atoms with Crippen molar-refractivity contribution in [2.24, 2.45) is 5.73 Å². The van der Waals surface area contributed by atoms with Gasteiger partial charge in [-0.2, -0.15) is 0 Å². The minimum absolute atomic E-state index is 0.0775. The van der Waals surface area contributed by atoms with E-state index in [9.17, 15) is 0 Å². The Balaban J connectivity index is 1.70. The Labute approximate surface area is 117 Å². The minimum Gasteiger partial charge on any atom is -0.352 e. The van der Waals surface area contributed by atoms with E-state index in [2.05, 4.69) is 15.3 Å². The first kappa shape index (κ1) is 12.6. The highest BCUT2D eigenvalue weighted by Gasteiger charge is 2.06. The van der Waals surface area contributed by atoms with Crippen LogP contribution in [0.1, 0.15) is 11.6 Å². The highest BCUT2D eigenvalue weighted by atomic mass is 15.1. The largest absolute Gasteiger partial charge is 0.352 e. The molecule has 1 heterocycles. The lowest BCUT2D eigenvalue weighted by Crippen LogP contribution is -2.21. The van der Waals surface area contributed by atoms with Crippen LogP contribution in [0.5, 0.6) is 0 Å². The zero-order valence-electron chi connectivity index (χ0n) is 11.0. The van der Waals surface area contributed by atoms with Gasteiger partial charge in [-0.3, -0.25) is 0 Å². The molecule has 3 aromatic rings. The number of hydrogen-bond acceptors (Lipinski definition) is 4. The fourth-order valence-corrected chi connectivity index (χ4v) is 2.08. The number of nitrogens with one attached hydrogen (secondary N) is 1. The number of hydrogen-bond donors (Lipinski definition) is 2. The van der Waals surface area contributed by atoms with Gasteiger partial charge in [0, 0.05) is 24.2 Å². The molecule has 4 heteroatoms. The van der Waals surface area contributed by atoms with Gasteiger partial charge in [-0.15, -0.1) is 0 Å². The van der Waals surface area contributed by atoms with Crippen LogP contribution in [-0.4, -0.2) is 16.5 Å². The molecule has 3 rings (SSSR count). The van der Waals surface area contributed by atoms with Crippen molar-refractivity contribution in [1.82, 2.24) is 9.97 Å². The molecule has 20 heavy (non-hydrogen) atoms. The molecule has 0 spiro atoms. The Kier molecular flexibility index (Phi) is 3.56. The van der Waals surface area contributed by atoms with Crippen LogP contribution in [0.25, 0.3) is 10.9 Å². The second-order valence-corrected chi connectivity index (χ2v) is 4.65. The average molecular weight is 264 g/mol. The monoisotopic (exact) mass is 264 g/mol. The smallest absolute Gasteiger partial charge is 0.223 e. The summed E-state index contributed by atoms with van der Waals surface area (Å²) in [5.74, 6) is 0.607. The zero-order valence-corrected chi connectivity index (χ0v) is 11.0. The molecule has 0 amide bonds. The second kappa shape index (κ2) is 5.67. The quantitative estimate of drug-likeness (QED) is 0.760. The molecule has 0 aliphatic rings. The highest BCUT2D eigenvalue weighted by Crippen LogP contribution is 2.13. The lowest BCUT2D eigenvalue weighted by atomic mass is 10.1. The second-order valence-electron chi connectivity index (χ2n) is 4.65. The summed E-state index contributed by atoms with van der Waals surface area (Å²) in [4.78, 5) is 8.76. The predicted molar refractivity (Wildman–Crippen MR) is 81.4 cm³/mol. The van der Waals surface area contributed by atoms with Gasteiger partial charge in [-0.1, -0.05) is 48.5 Å². The maximum Gasteiger partial charge on any atom is 0.223 e. The SMILES string of the molecule is NC(CNc1ncc2ccccc2n1)c1ccccc1. The van der Waals surface area contributed by atoms with Gasteiger partial charge in [0.25, 0.3) is 0 Å². The van der Waals surface area contributed by atoms with E-state index in [1.54, 1.807) is 0 Å².